The monoisotopic (exact) mass is 445 g/mol. The third-order valence-electron chi connectivity index (χ3n) is 3.91. The smallest absolute Gasteiger partial charge is 0.254 e. The average Bonchev–Trinajstić information content (AvgIpc) is 2.58. The Morgan fingerprint density at radius 1 is 1.42 bits per heavy atom. The lowest BCUT2D eigenvalue weighted by Crippen LogP contribution is -2.38. The van der Waals surface area contributed by atoms with Gasteiger partial charge in [-0.15, -0.1) is 0 Å². The van der Waals surface area contributed by atoms with Crippen LogP contribution >= 0.6 is 22.6 Å². The van der Waals surface area contributed by atoms with Gasteiger partial charge in [0.1, 0.15) is 0 Å². The highest BCUT2D eigenvalue weighted by molar-refractivity contribution is 14.1. The maximum atomic E-state index is 11.8. The second-order valence-corrected chi connectivity index (χ2v) is 6.95. The number of phenols is 1. The lowest BCUT2D eigenvalue weighted by Gasteiger charge is -2.22. The minimum Gasteiger partial charge on any atom is -0.504 e. The summed E-state index contributed by atoms with van der Waals surface area (Å²) in [6.07, 6.45) is 7.59. The Kier molecular flexibility index (Phi) is 7.77. The van der Waals surface area contributed by atoms with Crippen LogP contribution in [-0.4, -0.2) is 36.4 Å². The van der Waals surface area contributed by atoms with Crippen molar-refractivity contribution in [3.63, 3.8) is 0 Å². The first-order valence-corrected chi connectivity index (χ1v) is 9.38. The molecule has 2 rings (SSSR count). The summed E-state index contributed by atoms with van der Waals surface area (Å²) < 4.78 is 6.05. The van der Waals surface area contributed by atoms with Crippen LogP contribution in [0.5, 0.6) is 11.5 Å². The second kappa shape index (κ2) is 9.83. The van der Waals surface area contributed by atoms with Crippen molar-refractivity contribution in [3.05, 3.63) is 21.3 Å². The van der Waals surface area contributed by atoms with E-state index >= 15 is 0 Å². The molecule has 1 aliphatic carbocycles. The van der Waals surface area contributed by atoms with Gasteiger partial charge in [0.2, 0.25) is 0 Å². The number of phenolic OH excluding ortho intramolecular Hbond substituents is 1. The highest BCUT2D eigenvalue weighted by atomic mass is 127. The van der Waals surface area contributed by atoms with Crippen molar-refractivity contribution in [2.45, 2.75) is 45.1 Å². The second-order valence-electron chi connectivity index (χ2n) is 5.79. The Morgan fingerprint density at radius 2 is 2.17 bits per heavy atom. The van der Waals surface area contributed by atoms with Crippen molar-refractivity contribution < 1.29 is 14.6 Å². The summed E-state index contributed by atoms with van der Waals surface area (Å²) in [6.45, 7) is 2.60. The maximum absolute atomic E-state index is 11.8. The first kappa shape index (κ1) is 19.0. The van der Waals surface area contributed by atoms with E-state index in [4.69, 9.17) is 4.74 Å². The van der Waals surface area contributed by atoms with Crippen molar-refractivity contribution in [2.24, 2.45) is 5.10 Å². The molecular weight excluding hydrogens is 421 g/mol. The van der Waals surface area contributed by atoms with Gasteiger partial charge in [-0.25, -0.2) is 5.43 Å². The third-order valence-corrected chi connectivity index (χ3v) is 4.73. The average molecular weight is 445 g/mol. The van der Waals surface area contributed by atoms with E-state index in [1.807, 2.05) is 29.5 Å². The fraction of sp³-hybridized carbons (Fsp3) is 0.529. The van der Waals surface area contributed by atoms with Gasteiger partial charge >= 0.3 is 0 Å². The number of hydrazone groups is 1. The standard InChI is InChI=1S/C17H24IN3O3/c1-2-24-15-9-12(8-14(18)17(15)23)10-20-21-16(22)11-19-13-6-4-3-5-7-13/h8-10,13,19,23H,2-7,11H2,1H3,(H,21,22)/b20-10-. The molecule has 1 fully saturated rings. The molecule has 24 heavy (non-hydrogen) atoms. The summed E-state index contributed by atoms with van der Waals surface area (Å²) in [5.74, 6) is 0.377. The zero-order valence-corrected chi connectivity index (χ0v) is 16.0. The number of amides is 1. The Balaban J connectivity index is 1.83. The van der Waals surface area contributed by atoms with E-state index in [1.54, 1.807) is 18.3 Å². The van der Waals surface area contributed by atoms with Crippen LogP contribution in [-0.2, 0) is 4.79 Å². The topological polar surface area (TPSA) is 83.0 Å². The number of carbonyl (C=O) groups excluding carboxylic acids is 1. The highest BCUT2D eigenvalue weighted by Gasteiger charge is 2.13. The number of carbonyl (C=O) groups is 1. The van der Waals surface area contributed by atoms with Crippen LogP contribution < -0.4 is 15.5 Å². The van der Waals surface area contributed by atoms with Gasteiger partial charge in [-0.1, -0.05) is 19.3 Å². The van der Waals surface area contributed by atoms with E-state index in [-0.39, 0.29) is 18.2 Å². The molecule has 6 nitrogen and oxygen atoms in total. The molecule has 0 unspecified atom stereocenters. The summed E-state index contributed by atoms with van der Waals surface area (Å²) in [6, 6.07) is 3.91. The van der Waals surface area contributed by atoms with Crippen LogP contribution in [0, 0.1) is 3.57 Å². The molecule has 0 heterocycles. The van der Waals surface area contributed by atoms with Gasteiger partial charge in [-0.05, 0) is 60.1 Å². The first-order valence-electron chi connectivity index (χ1n) is 8.30. The van der Waals surface area contributed by atoms with Crippen molar-refractivity contribution in [3.8, 4) is 11.5 Å². The minimum absolute atomic E-state index is 0.121. The molecule has 132 valence electrons. The molecule has 0 aliphatic heterocycles. The lowest BCUT2D eigenvalue weighted by atomic mass is 9.95. The number of aromatic hydroxyl groups is 1. The van der Waals surface area contributed by atoms with Gasteiger partial charge in [0.25, 0.3) is 5.91 Å². The Bertz CT molecular complexity index is 587. The fourth-order valence-corrected chi connectivity index (χ4v) is 3.32. The maximum Gasteiger partial charge on any atom is 0.254 e. The fourth-order valence-electron chi connectivity index (χ4n) is 2.70. The molecule has 3 N–H and O–H groups in total. The predicted molar refractivity (Wildman–Crippen MR) is 103 cm³/mol. The van der Waals surface area contributed by atoms with E-state index < -0.39 is 0 Å². The van der Waals surface area contributed by atoms with Crippen LogP contribution in [0.1, 0.15) is 44.6 Å². The highest BCUT2D eigenvalue weighted by Crippen LogP contribution is 2.32. The zero-order valence-electron chi connectivity index (χ0n) is 13.8. The molecule has 0 atom stereocenters. The number of benzene rings is 1. The van der Waals surface area contributed by atoms with Crippen molar-refractivity contribution >= 4 is 34.7 Å². The molecule has 0 radical (unpaired) electrons. The molecular formula is C17H24IN3O3. The van der Waals surface area contributed by atoms with E-state index in [9.17, 15) is 9.90 Å². The summed E-state index contributed by atoms with van der Waals surface area (Å²) in [5.41, 5.74) is 3.27. The van der Waals surface area contributed by atoms with E-state index in [0.29, 0.717) is 22.0 Å². The molecule has 1 saturated carbocycles. The van der Waals surface area contributed by atoms with Crippen molar-refractivity contribution in [1.29, 1.82) is 0 Å². The Morgan fingerprint density at radius 3 is 2.88 bits per heavy atom. The quantitative estimate of drug-likeness (QED) is 0.343. The molecule has 7 heteroatoms. The van der Waals surface area contributed by atoms with Crippen LogP contribution in [0.4, 0.5) is 0 Å². The van der Waals surface area contributed by atoms with Gasteiger partial charge < -0.3 is 15.2 Å². The van der Waals surface area contributed by atoms with Crippen molar-refractivity contribution in [1.82, 2.24) is 10.7 Å². The Labute approximate surface area is 156 Å². The molecule has 1 aliphatic rings. The van der Waals surface area contributed by atoms with Crippen molar-refractivity contribution in [2.75, 3.05) is 13.2 Å². The number of hydrogen-bond acceptors (Lipinski definition) is 5. The number of ether oxygens (including phenoxy) is 1. The van der Waals surface area contributed by atoms with E-state index in [1.165, 1.54) is 19.3 Å². The summed E-state index contributed by atoms with van der Waals surface area (Å²) in [4.78, 5) is 11.8. The minimum atomic E-state index is -0.157. The normalized spacial score (nSPS) is 15.6. The molecule has 1 aromatic carbocycles. The van der Waals surface area contributed by atoms with Crippen LogP contribution in [0.15, 0.2) is 17.2 Å². The number of nitrogens with zero attached hydrogens (tertiary/aromatic N) is 1. The molecule has 0 aromatic heterocycles. The van der Waals surface area contributed by atoms with Gasteiger partial charge in [0.15, 0.2) is 11.5 Å². The molecule has 0 bridgehead atoms. The number of rotatable bonds is 7. The molecule has 1 amide bonds. The lowest BCUT2D eigenvalue weighted by molar-refractivity contribution is -0.120. The van der Waals surface area contributed by atoms with E-state index in [2.05, 4.69) is 15.8 Å². The largest absolute Gasteiger partial charge is 0.504 e. The predicted octanol–water partition coefficient (Wildman–Crippen LogP) is 2.77. The first-order chi connectivity index (χ1) is 11.6. The zero-order chi connectivity index (χ0) is 17.4. The van der Waals surface area contributed by atoms with Gasteiger partial charge in [0, 0.05) is 6.04 Å². The van der Waals surface area contributed by atoms with Gasteiger partial charge in [-0.3, -0.25) is 4.79 Å². The molecule has 1 aromatic rings. The summed E-state index contributed by atoms with van der Waals surface area (Å²) in [7, 11) is 0. The molecule has 0 spiro atoms. The number of nitrogens with one attached hydrogen (secondary N) is 2. The third kappa shape index (κ3) is 5.94. The van der Waals surface area contributed by atoms with Gasteiger partial charge in [-0.2, -0.15) is 5.10 Å². The van der Waals surface area contributed by atoms with Gasteiger partial charge in [0.05, 0.1) is 22.9 Å². The summed E-state index contributed by atoms with van der Waals surface area (Å²) in [5, 5.41) is 17.2. The van der Waals surface area contributed by atoms with Crippen LogP contribution in [0.3, 0.4) is 0 Å². The van der Waals surface area contributed by atoms with E-state index in [0.717, 1.165) is 18.4 Å². The van der Waals surface area contributed by atoms with Crippen LogP contribution in [0.25, 0.3) is 0 Å². The number of halogens is 1. The Hall–Kier alpha value is -1.35. The van der Waals surface area contributed by atoms with Crippen LogP contribution in [0.2, 0.25) is 0 Å². The summed E-state index contributed by atoms with van der Waals surface area (Å²) >= 11 is 2.03. The number of hydrogen-bond donors (Lipinski definition) is 3. The molecule has 0 saturated heterocycles. The SMILES string of the molecule is CCOc1cc(/C=N\NC(=O)CNC2CCCCC2)cc(I)c1O.